The van der Waals surface area contributed by atoms with Crippen LogP contribution in [0.3, 0.4) is 0 Å². The van der Waals surface area contributed by atoms with Crippen molar-refractivity contribution in [2.24, 2.45) is 4.99 Å². The Labute approximate surface area is 152 Å². The SMILES string of the molecule is Cc1cccc(OCC2=NCCN2C(=O)Nc2ccc(Cl)cc2)c1C. The quantitative estimate of drug-likeness (QED) is 0.887. The van der Waals surface area contributed by atoms with Gasteiger partial charge in [-0.15, -0.1) is 0 Å². The molecule has 0 aliphatic carbocycles. The van der Waals surface area contributed by atoms with Crippen LogP contribution >= 0.6 is 11.6 Å². The van der Waals surface area contributed by atoms with Crippen molar-refractivity contribution in [1.29, 1.82) is 0 Å². The fourth-order valence-electron chi connectivity index (χ4n) is 2.58. The topological polar surface area (TPSA) is 53.9 Å². The minimum absolute atomic E-state index is 0.219. The first-order valence-electron chi connectivity index (χ1n) is 8.11. The van der Waals surface area contributed by atoms with E-state index in [4.69, 9.17) is 16.3 Å². The van der Waals surface area contributed by atoms with E-state index in [9.17, 15) is 4.79 Å². The first-order chi connectivity index (χ1) is 12.0. The highest BCUT2D eigenvalue weighted by molar-refractivity contribution is 6.30. The summed E-state index contributed by atoms with van der Waals surface area (Å²) in [4.78, 5) is 18.5. The summed E-state index contributed by atoms with van der Waals surface area (Å²) in [6.07, 6.45) is 0. The van der Waals surface area contributed by atoms with E-state index in [2.05, 4.69) is 10.3 Å². The van der Waals surface area contributed by atoms with Gasteiger partial charge in [0.1, 0.15) is 18.2 Å². The number of hydrogen-bond acceptors (Lipinski definition) is 3. The van der Waals surface area contributed by atoms with Gasteiger partial charge in [0.05, 0.1) is 6.54 Å². The minimum Gasteiger partial charge on any atom is -0.485 e. The Morgan fingerprint density at radius 3 is 2.76 bits per heavy atom. The Balaban J connectivity index is 1.63. The Bertz CT molecular complexity index is 803. The molecule has 0 spiro atoms. The van der Waals surface area contributed by atoms with Crippen molar-refractivity contribution in [3.8, 4) is 5.75 Å². The van der Waals surface area contributed by atoms with Crippen LogP contribution in [0.2, 0.25) is 5.02 Å². The van der Waals surface area contributed by atoms with Gasteiger partial charge in [-0.1, -0.05) is 23.7 Å². The number of urea groups is 1. The smallest absolute Gasteiger partial charge is 0.327 e. The largest absolute Gasteiger partial charge is 0.485 e. The number of ether oxygens (including phenoxy) is 1. The van der Waals surface area contributed by atoms with Gasteiger partial charge in [0.2, 0.25) is 0 Å². The lowest BCUT2D eigenvalue weighted by molar-refractivity contribution is 0.234. The van der Waals surface area contributed by atoms with Crippen LogP contribution in [0.1, 0.15) is 11.1 Å². The Morgan fingerprint density at radius 1 is 1.24 bits per heavy atom. The molecule has 0 saturated heterocycles. The third-order valence-corrected chi connectivity index (χ3v) is 4.43. The second-order valence-electron chi connectivity index (χ2n) is 5.87. The number of amides is 2. The first-order valence-corrected chi connectivity index (χ1v) is 8.49. The van der Waals surface area contributed by atoms with E-state index in [1.807, 2.05) is 32.0 Å². The monoisotopic (exact) mass is 357 g/mol. The maximum absolute atomic E-state index is 12.5. The third-order valence-electron chi connectivity index (χ3n) is 4.18. The van der Waals surface area contributed by atoms with Gasteiger partial charge in [0.15, 0.2) is 0 Å². The second kappa shape index (κ2) is 7.57. The second-order valence-corrected chi connectivity index (χ2v) is 6.31. The van der Waals surface area contributed by atoms with Crippen molar-refractivity contribution in [3.63, 3.8) is 0 Å². The molecule has 0 aromatic heterocycles. The van der Waals surface area contributed by atoms with Crippen molar-refractivity contribution in [3.05, 3.63) is 58.6 Å². The highest BCUT2D eigenvalue weighted by Crippen LogP contribution is 2.21. The van der Waals surface area contributed by atoms with Crippen LogP contribution in [-0.2, 0) is 0 Å². The number of hydrogen-bond donors (Lipinski definition) is 1. The molecule has 0 atom stereocenters. The number of nitrogens with one attached hydrogen (secondary N) is 1. The predicted molar refractivity (Wildman–Crippen MR) is 101 cm³/mol. The summed E-state index contributed by atoms with van der Waals surface area (Å²) >= 11 is 5.86. The van der Waals surface area contributed by atoms with E-state index in [1.54, 1.807) is 29.2 Å². The number of amidine groups is 1. The molecule has 25 heavy (non-hydrogen) atoms. The number of aliphatic imine (C=N–C) groups is 1. The molecule has 2 aromatic rings. The van der Waals surface area contributed by atoms with Crippen LogP contribution in [0.25, 0.3) is 0 Å². The van der Waals surface area contributed by atoms with Crippen LogP contribution in [0.4, 0.5) is 10.5 Å². The van der Waals surface area contributed by atoms with Gasteiger partial charge in [0, 0.05) is 17.3 Å². The van der Waals surface area contributed by atoms with Crippen LogP contribution in [-0.4, -0.2) is 36.5 Å². The lowest BCUT2D eigenvalue weighted by atomic mass is 10.1. The van der Waals surface area contributed by atoms with Gasteiger partial charge >= 0.3 is 6.03 Å². The fourth-order valence-corrected chi connectivity index (χ4v) is 2.71. The molecule has 0 radical (unpaired) electrons. The Morgan fingerprint density at radius 2 is 2.00 bits per heavy atom. The molecule has 1 N–H and O–H groups in total. The lowest BCUT2D eigenvalue weighted by Crippen LogP contribution is -2.40. The molecule has 0 fully saturated rings. The number of aryl methyl sites for hydroxylation is 1. The van der Waals surface area contributed by atoms with E-state index in [1.165, 1.54) is 5.56 Å². The standard InChI is InChI=1S/C19H20ClN3O2/c1-13-4-3-5-17(14(13)2)25-12-18-21-10-11-23(18)19(24)22-16-8-6-15(20)7-9-16/h3-9H,10-12H2,1-2H3,(H,22,24). The van der Waals surface area contributed by atoms with Crippen molar-refractivity contribution in [2.75, 3.05) is 25.0 Å². The van der Waals surface area contributed by atoms with Gasteiger partial charge in [-0.05, 0) is 55.3 Å². The zero-order valence-corrected chi connectivity index (χ0v) is 15.0. The molecule has 130 valence electrons. The Hall–Kier alpha value is -2.53. The molecule has 1 heterocycles. The van der Waals surface area contributed by atoms with Gasteiger partial charge in [-0.2, -0.15) is 0 Å². The zero-order chi connectivity index (χ0) is 17.8. The predicted octanol–water partition coefficient (Wildman–Crippen LogP) is 4.28. The van der Waals surface area contributed by atoms with Gasteiger partial charge in [0.25, 0.3) is 0 Å². The average Bonchev–Trinajstić information content (AvgIpc) is 3.07. The maximum atomic E-state index is 12.5. The van der Waals surface area contributed by atoms with Crippen molar-refractivity contribution < 1.29 is 9.53 Å². The summed E-state index contributed by atoms with van der Waals surface area (Å²) < 4.78 is 5.88. The Kier molecular flexibility index (Phi) is 5.24. The van der Waals surface area contributed by atoms with Crippen molar-refractivity contribution in [2.45, 2.75) is 13.8 Å². The number of benzene rings is 2. The average molecular weight is 358 g/mol. The molecule has 0 saturated carbocycles. The normalized spacial score (nSPS) is 13.6. The van der Waals surface area contributed by atoms with Crippen LogP contribution in [0.5, 0.6) is 5.75 Å². The van der Waals surface area contributed by atoms with Crippen LogP contribution < -0.4 is 10.1 Å². The summed E-state index contributed by atoms with van der Waals surface area (Å²) in [6.45, 7) is 5.45. The number of carbonyl (C=O) groups is 1. The summed E-state index contributed by atoms with van der Waals surface area (Å²) in [5, 5.41) is 3.48. The van der Waals surface area contributed by atoms with E-state index < -0.39 is 0 Å². The first kappa shape index (κ1) is 17.3. The lowest BCUT2D eigenvalue weighted by Gasteiger charge is -2.20. The van der Waals surface area contributed by atoms with Crippen molar-refractivity contribution in [1.82, 2.24) is 4.90 Å². The summed E-state index contributed by atoms with van der Waals surface area (Å²) in [5.74, 6) is 1.44. The van der Waals surface area contributed by atoms with Crippen LogP contribution in [0.15, 0.2) is 47.5 Å². The maximum Gasteiger partial charge on any atom is 0.327 e. The fraction of sp³-hybridized carbons (Fsp3) is 0.263. The number of carbonyl (C=O) groups excluding carboxylic acids is 1. The molecular formula is C19H20ClN3O2. The van der Waals surface area contributed by atoms with E-state index in [-0.39, 0.29) is 12.6 Å². The minimum atomic E-state index is -0.219. The molecule has 6 heteroatoms. The number of anilines is 1. The molecule has 2 amide bonds. The molecule has 0 unspecified atom stereocenters. The molecule has 1 aliphatic rings. The summed E-state index contributed by atoms with van der Waals surface area (Å²) in [5.41, 5.74) is 2.96. The number of nitrogens with zero attached hydrogens (tertiary/aromatic N) is 2. The summed E-state index contributed by atoms with van der Waals surface area (Å²) in [7, 11) is 0. The number of rotatable bonds is 4. The van der Waals surface area contributed by atoms with E-state index in [0.717, 1.165) is 11.3 Å². The molecule has 2 aromatic carbocycles. The van der Waals surface area contributed by atoms with Gasteiger partial charge < -0.3 is 10.1 Å². The highest BCUT2D eigenvalue weighted by Gasteiger charge is 2.24. The van der Waals surface area contributed by atoms with Gasteiger partial charge in [-0.25, -0.2) is 4.79 Å². The highest BCUT2D eigenvalue weighted by atomic mass is 35.5. The molecular weight excluding hydrogens is 338 g/mol. The molecule has 1 aliphatic heterocycles. The summed E-state index contributed by atoms with van der Waals surface area (Å²) in [6, 6.07) is 12.7. The van der Waals surface area contributed by atoms with Gasteiger partial charge in [-0.3, -0.25) is 9.89 Å². The number of halogens is 1. The zero-order valence-electron chi connectivity index (χ0n) is 14.3. The van der Waals surface area contributed by atoms with Crippen molar-refractivity contribution >= 4 is 29.2 Å². The van der Waals surface area contributed by atoms with Crippen LogP contribution in [0, 0.1) is 13.8 Å². The van der Waals surface area contributed by atoms with E-state index >= 15 is 0 Å². The molecule has 3 rings (SSSR count). The molecule has 0 bridgehead atoms. The van der Waals surface area contributed by atoms with E-state index in [0.29, 0.717) is 29.6 Å². The molecule has 5 nitrogen and oxygen atoms in total. The third kappa shape index (κ3) is 4.12.